The molecule has 5 nitrogen and oxygen atoms in total. The zero-order chi connectivity index (χ0) is 15.2. The van der Waals surface area contributed by atoms with Crippen molar-refractivity contribution in [2.45, 2.75) is 58.2 Å². The normalized spacial score (nSPS) is 23.1. The first kappa shape index (κ1) is 17.2. The highest BCUT2D eigenvalue weighted by atomic mass is 16.6. The van der Waals surface area contributed by atoms with Gasteiger partial charge in [0.15, 0.2) is 0 Å². The number of likely N-dealkylation sites (tertiary alicyclic amines) is 1. The maximum Gasteiger partial charge on any atom is 0.410 e. The Morgan fingerprint density at radius 3 is 2.50 bits per heavy atom. The number of hydrogen-bond donors (Lipinski definition) is 0. The molecule has 0 N–H and O–H groups in total. The van der Waals surface area contributed by atoms with Gasteiger partial charge in [-0.15, -0.1) is 0 Å². The van der Waals surface area contributed by atoms with E-state index in [9.17, 15) is 4.79 Å². The maximum absolute atomic E-state index is 12.0. The van der Waals surface area contributed by atoms with E-state index in [-0.39, 0.29) is 11.7 Å². The number of methoxy groups -OCH3 is 1. The molecule has 0 spiro atoms. The molecule has 1 saturated heterocycles. The summed E-state index contributed by atoms with van der Waals surface area (Å²) >= 11 is 0. The van der Waals surface area contributed by atoms with Crippen LogP contribution in [-0.4, -0.2) is 55.6 Å². The van der Waals surface area contributed by atoms with Crippen LogP contribution < -0.4 is 0 Å². The lowest BCUT2D eigenvalue weighted by Gasteiger charge is -2.27. The summed E-state index contributed by atoms with van der Waals surface area (Å²) in [4.78, 5) is 13.7. The Bertz CT molecular complexity index is 313. The second-order valence-electron chi connectivity index (χ2n) is 6.65. The fraction of sp³-hybridized carbons (Fsp3) is 0.933. The van der Waals surface area contributed by atoms with Crippen molar-refractivity contribution >= 4 is 6.09 Å². The third-order valence-electron chi connectivity index (χ3n) is 3.28. The van der Waals surface area contributed by atoms with Gasteiger partial charge in [-0.25, -0.2) is 4.79 Å². The number of hydrogen-bond acceptors (Lipinski definition) is 4. The van der Waals surface area contributed by atoms with Crippen LogP contribution in [0.4, 0.5) is 4.79 Å². The van der Waals surface area contributed by atoms with Gasteiger partial charge in [0.1, 0.15) is 5.60 Å². The van der Waals surface area contributed by atoms with Crippen molar-refractivity contribution in [3.05, 3.63) is 0 Å². The largest absolute Gasteiger partial charge is 0.444 e. The van der Waals surface area contributed by atoms with E-state index in [4.69, 9.17) is 14.2 Å². The minimum atomic E-state index is -0.447. The highest BCUT2D eigenvalue weighted by Gasteiger charge is 2.38. The number of carbonyl (C=O) groups is 1. The average Bonchev–Trinajstić information content (AvgIpc) is 2.70. The smallest absolute Gasteiger partial charge is 0.410 e. The van der Waals surface area contributed by atoms with Gasteiger partial charge in [0.25, 0.3) is 0 Å². The molecule has 0 bridgehead atoms. The fourth-order valence-corrected chi connectivity index (χ4v) is 2.20. The van der Waals surface area contributed by atoms with Crippen LogP contribution in [0.5, 0.6) is 0 Å². The van der Waals surface area contributed by atoms with Gasteiger partial charge < -0.3 is 19.1 Å². The van der Waals surface area contributed by atoms with E-state index in [1.807, 2.05) is 20.8 Å². The minimum absolute atomic E-state index is 0.246. The van der Waals surface area contributed by atoms with E-state index in [0.29, 0.717) is 19.7 Å². The van der Waals surface area contributed by atoms with Crippen LogP contribution in [0.15, 0.2) is 0 Å². The Morgan fingerprint density at radius 1 is 1.25 bits per heavy atom. The first-order chi connectivity index (χ1) is 9.26. The Kier molecular flexibility index (Phi) is 6.27. The van der Waals surface area contributed by atoms with Gasteiger partial charge in [0.05, 0.1) is 12.1 Å². The van der Waals surface area contributed by atoms with Gasteiger partial charge in [-0.3, -0.25) is 0 Å². The predicted octanol–water partition coefficient (Wildman–Crippen LogP) is 2.83. The number of ether oxygens (including phenoxy) is 3. The SMILES string of the molecule is COCCCCOC1(C)CCN(C(=O)OC(C)(C)C)C1. The quantitative estimate of drug-likeness (QED) is 0.705. The summed E-state index contributed by atoms with van der Waals surface area (Å²) in [6.07, 6.45) is 2.60. The van der Waals surface area contributed by atoms with Gasteiger partial charge >= 0.3 is 6.09 Å². The van der Waals surface area contributed by atoms with Gasteiger partial charge in [-0.05, 0) is 47.0 Å². The molecule has 1 amide bonds. The molecule has 0 aliphatic carbocycles. The first-order valence-corrected chi connectivity index (χ1v) is 7.37. The lowest BCUT2D eigenvalue weighted by atomic mass is 10.1. The van der Waals surface area contributed by atoms with Crippen molar-refractivity contribution in [2.24, 2.45) is 0 Å². The topological polar surface area (TPSA) is 48.0 Å². The molecule has 5 heteroatoms. The van der Waals surface area contributed by atoms with Crippen LogP contribution in [0.2, 0.25) is 0 Å². The Balaban J connectivity index is 2.31. The third kappa shape index (κ3) is 6.09. The Labute approximate surface area is 122 Å². The number of amides is 1. The number of unbranched alkanes of at least 4 members (excludes halogenated alkanes) is 1. The molecule has 0 aromatic carbocycles. The first-order valence-electron chi connectivity index (χ1n) is 7.37. The molecular weight excluding hydrogens is 258 g/mol. The minimum Gasteiger partial charge on any atom is -0.444 e. The Hall–Kier alpha value is -0.810. The summed E-state index contributed by atoms with van der Waals surface area (Å²) in [6, 6.07) is 0. The standard InChI is InChI=1S/C15H29NO4/c1-14(2,3)20-13(17)16-9-8-15(4,12-16)19-11-7-6-10-18-5/h6-12H2,1-5H3. The van der Waals surface area contributed by atoms with Gasteiger partial charge in [-0.2, -0.15) is 0 Å². The monoisotopic (exact) mass is 287 g/mol. The van der Waals surface area contributed by atoms with Crippen molar-refractivity contribution < 1.29 is 19.0 Å². The number of carbonyl (C=O) groups excluding carboxylic acids is 1. The molecule has 1 rings (SSSR count). The lowest BCUT2D eigenvalue weighted by Crippen LogP contribution is -2.39. The molecule has 1 aliphatic heterocycles. The fourth-order valence-electron chi connectivity index (χ4n) is 2.20. The zero-order valence-electron chi connectivity index (χ0n) is 13.5. The Morgan fingerprint density at radius 2 is 1.90 bits per heavy atom. The summed E-state index contributed by atoms with van der Waals surface area (Å²) in [5.74, 6) is 0. The molecule has 1 fully saturated rings. The molecular formula is C15H29NO4. The second-order valence-corrected chi connectivity index (χ2v) is 6.65. The molecule has 118 valence electrons. The van der Waals surface area contributed by atoms with E-state index >= 15 is 0 Å². The molecule has 0 radical (unpaired) electrons. The number of nitrogens with zero attached hydrogens (tertiary/aromatic N) is 1. The van der Waals surface area contributed by atoms with Crippen LogP contribution in [-0.2, 0) is 14.2 Å². The summed E-state index contributed by atoms with van der Waals surface area (Å²) < 4.78 is 16.3. The maximum atomic E-state index is 12.0. The lowest BCUT2D eigenvalue weighted by molar-refractivity contribution is -0.0297. The van der Waals surface area contributed by atoms with Crippen molar-refractivity contribution in [3.8, 4) is 0 Å². The molecule has 0 saturated carbocycles. The van der Waals surface area contributed by atoms with Gasteiger partial charge in [0, 0.05) is 26.9 Å². The average molecular weight is 287 g/mol. The predicted molar refractivity (Wildman–Crippen MR) is 77.9 cm³/mol. The van der Waals surface area contributed by atoms with Gasteiger partial charge in [0.2, 0.25) is 0 Å². The van der Waals surface area contributed by atoms with Crippen LogP contribution in [0.3, 0.4) is 0 Å². The molecule has 1 unspecified atom stereocenters. The molecule has 0 aromatic rings. The van der Waals surface area contributed by atoms with Crippen LogP contribution in [0.1, 0.15) is 47.0 Å². The number of rotatable bonds is 6. The highest BCUT2D eigenvalue weighted by molar-refractivity contribution is 5.68. The summed E-state index contributed by atoms with van der Waals surface area (Å²) in [5.41, 5.74) is -0.693. The zero-order valence-corrected chi connectivity index (χ0v) is 13.5. The molecule has 1 heterocycles. The van der Waals surface area contributed by atoms with E-state index in [0.717, 1.165) is 25.9 Å². The summed E-state index contributed by atoms with van der Waals surface area (Å²) in [5, 5.41) is 0. The summed E-state index contributed by atoms with van der Waals surface area (Å²) in [7, 11) is 1.71. The van der Waals surface area contributed by atoms with E-state index < -0.39 is 5.60 Å². The van der Waals surface area contributed by atoms with E-state index in [1.165, 1.54) is 0 Å². The summed E-state index contributed by atoms with van der Waals surface area (Å²) in [6.45, 7) is 10.5. The van der Waals surface area contributed by atoms with Crippen LogP contribution in [0, 0.1) is 0 Å². The van der Waals surface area contributed by atoms with Crippen LogP contribution >= 0.6 is 0 Å². The molecule has 20 heavy (non-hydrogen) atoms. The second kappa shape index (κ2) is 7.27. The molecule has 1 atom stereocenters. The van der Waals surface area contributed by atoms with Crippen molar-refractivity contribution in [1.29, 1.82) is 0 Å². The van der Waals surface area contributed by atoms with Gasteiger partial charge in [-0.1, -0.05) is 0 Å². The van der Waals surface area contributed by atoms with E-state index in [2.05, 4.69) is 6.92 Å². The molecule has 1 aliphatic rings. The van der Waals surface area contributed by atoms with Crippen molar-refractivity contribution in [1.82, 2.24) is 4.90 Å². The van der Waals surface area contributed by atoms with Crippen molar-refractivity contribution in [2.75, 3.05) is 33.4 Å². The van der Waals surface area contributed by atoms with E-state index in [1.54, 1.807) is 12.0 Å². The van der Waals surface area contributed by atoms with Crippen LogP contribution in [0.25, 0.3) is 0 Å². The molecule has 0 aromatic heterocycles. The van der Waals surface area contributed by atoms with Crippen molar-refractivity contribution in [3.63, 3.8) is 0 Å². The third-order valence-corrected chi connectivity index (χ3v) is 3.28. The highest BCUT2D eigenvalue weighted by Crippen LogP contribution is 2.26.